The number of nitrogens with zero attached hydrogens (tertiary/aromatic N) is 3. The van der Waals surface area contributed by atoms with Crippen LogP contribution in [0.4, 0.5) is 5.95 Å². The topological polar surface area (TPSA) is 91.8 Å². The molecular formula is C21H26N6OS. The molecule has 0 radical (unpaired) electrons. The van der Waals surface area contributed by atoms with Crippen LogP contribution in [0.5, 0.6) is 0 Å². The van der Waals surface area contributed by atoms with E-state index in [2.05, 4.69) is 30.9 Å². The summed E-state index contributed by atoms with van der Waals surface area (Å²) in [7, 11) is 0. The summed E-state index contributed by atoms with van der Waals surface area (Å²) in [5.74, 6) is 0.960. The number of carbonyl (C=O) groups excluding carboxylic acids is 1. The van der Waals surface area contributed by atoms with Gasteiger partial charge in [0.1, 0.15) is 0 Å². The van der Waals surface area contributed by atoms with Crippen molar-refractivity contribution >= 4 is 33.4 Å². The summed E-state index contributed by atoms with van der Waals surface area (Å²) in [4.78, 5) is 27.4. The highest BCUT2D eigenvalue weighted by Crippen LogP contribution is 2.28. The number of fused-ring (bicyclic) bond motifs is 1. The van der Waals surface area contributed by atoms with E-state index < -0.39 is 0 Å². The molecule has 7 nitrogen and oxygen atoms in total. The van der Waals surface area contributed by atoms with Gasteiger partial charge in [0, 0.05) is 23.8 Å². The molecule has 1 saturated heterocycles. The minimum atomic E-state index is -0.137. The Bertz CT molecular complexity index is 984. The van der Waals surface area contributed by atoms with Gasteiger partial charge in [-0.3, -0.25) is 9.78 Å². The van der Waals surface area contributed by atoms with E-state index in [0.29, 0.717) is 24.1 Å². The number of aryl methyl sites for hydroxylation is 1. The van der Waals surface area contributed by atoms with Crippen molar-refractivity contribution in [2.45, 2.75) is 32.7 Å². The number of carbonyl (C=O) groups is 1. The van der Waals surface area contributed by atoms with Gasteiger partial charge < -0.3 is 16.0 Å². The summed E-state index contributed by atoms with van der Waals surface area (Å²) in [6.45, 7) is 6.82. The van der Waals surface area contributed by atoms with E-state index in [1.54, 1.807) is 17.5 Å². The molecule has 152 valence electrons. The van der Waals surface area contributed by atoms with Crippen LogP contribution in [0.3, 0.4) is 0 Å². The number of anilines is 1. The minimum absolute atomic E-state index is 0.0216. The molecule has 3 N–H and O–H groups in total. The molecule has 1 aliphatic rings. The maximum absolute atomic E-state index is 12.9. The van der Waals surface area contributed by atoms with E-state index in [4.69, 9.17) is 0 Å². The summed E-state index contributed by atoms with van der Waals surface area (Å²) in [6.07, 6.45) is 5.73. The van der Waals surface area contributed by atoms with E-state index in [9.17, 15) is 4.79 Å². The number of aromatic nitrogens is 3. The van der Waals surface area contributed by atoms with Crippen molar-refractivity contribution in [3.05, 3.63) is 46.7 Å². The maximum Gasteiger partial charge on any atom is 0.271 e. The van der Waals surface area contributed by atoms with Crippen LogP contribution in [0.2, 0.25) is 0 Å². The van der Waals surface area contributed by atoms with Gasteiger partial charge in [-0.05, 0) is 63.4 Å². The Morgan fingerprint density at radius 2 is 2.31 bits per heavy atom. The Morgan fingerprint density at radius 3 is 3.07 bits per heavy atom. The number of pyridine rings is 1. The van der Waals surface area contributed by atoms with Crippen molar-refractivity contribution in [2.75, 3.05) is 25.0 Å². The van der Waals surface area contributed by atoms with Crippen molar-refractivity contribution in [1.82, 2.24) is 25.6 Å². The van der Waals surface area contributed by atoms with E-state index in [1.807, 2.05) is 38.2 Å². The zero-order valence-corrected chi connectivity index (χ0v) is 17.6. The van der Waals surface area contributed by atoms with Crippen LogP contribution in [0, 0.1) is 12.8 Å². The molecule has 8 heteroatoms. The number of rotatable bonds is 7. The van der Waals surface area contributed by atoms with E-state index in [0.717, 1.165) is 40.2 Å². The van der Waals surface area contributed by atoms with Crippen molar-refractivity contribution in [1.29, 1.82) is 0 Å². The second-order valence-corrected chi connectivity index (χ2v) is 8.78. The number of amides is 1. The van der Waals surface area contributed by atoms with Crippen LogP contribution in [0.25, 0.3) is 10.2 Å². The van der Waals surface area contributed by atoms with Crippen LogP contribution < -0.4 is 16.0 Å². The lowest BCUT2D eigenvalue weighted by atomic mass is 10.1. The first-order valence-electron chi connectivity index (χ1n) is 10.0. The zero-order valence-electron chi connectivity index (χ0n) is 16.7. The van der Waals surface area contributed by atoms with E-state index in [-0.39, 0.29) is 11.9 Å². The molecule has 1 aliphatic heterocycles. The molecule has 4 rings (SSSR count). The van der Waals surface area contributed by atoms with Gasteiger partial charge in [-0.2, -0.15) is 0 Å². The number of nitrogens with one attached hydrogen (secondary N) is 3. The number of thiophene rings is 1. The molecule has 1 fully saturated rings. The Hall–Kier alpha value is -2.58. The zero-order chi connectivity index (χ0) is 20.2. The quantitative estimate of drug-likeness (QED) is 0.554. The standard InChI is InChI=1S/C21H26N6OS/c1-13-10-17-19(29-13)18(20(28)24-9-6-15-5-8-23-11-15)27-21(26-17)25-14(2)16-4-3-7-22-12-16/h3-4,7,10,12,14-15,23H,5-6,8-9,11H2,1-2H3,(H,24,28)(H,25,26,27)/t14-,15+/m0/s1. The van der Waals surface area contributed by atoms with Crippen LogP contribution in [0.15, 0.2) is 30.6 Å². The highest BCUT2D eigenvalue weighted by Gasteiger charge is 2.19. The third-order valence-electron chi connectivity index (χ3n) is 5.24. The molecule has 0 unspecified atom stereocenters. The lowest BCUT2D eigenvalue weighted by molar-refractivity contribution is 0.0948. The van der Waals surface area contributed by atoms with Gasteiger partial charge in [0.2, 0.25) is 5.95 Å². The molecule has 0 aromatic carbocycles. The Kier molecular flexibility index (Phi) is 6.01. The molecule has 2 atom stereocenters. The lowest BCUT2D eigenvalue weighted by Crippen LogP contribution is -2.27. The molecule has 3 aromatic heterocycles. The Balaban J connectivity index is 1.52. The molecule has 3 aromatic rings. The molecular weight excluding hydrogens is 384 g/mol. The normalized spacial score (nSPS) is 17.4. The molecule has 0 spiro atoms. The highest BCUT2D eigenvalue weighted by molar-refractivity contribution is 7.19. The lowest BCUT2D eigenvalue weighted by Gasteiger charge is -2.15. The first-order valence-corrected chi connectivity index (χ1v) is 10.9. The summed E-state index contributed by atoms with van der Waals surface area (Å²) in [6, 6.07) is 5.89. The predicted octanol–water partition coefficient (Wildman–Crippen LogP) is 3.30. The van der Waals surface area contributed by atoms with Gasteiger partial charge in [-0.25, -0.2) is 9.97 Å². The number of hydrogen-bond acceptors (Lipinski definition) is 7. The van der Waals surface area contributed by atoms with Crippen molar-refractivity contribution in [3.63, 3.8) is 0 Å². The summed E-state index contributed by atoms with van der Waals surface area (Å²) >= 11 is 1.56. The maximum atomic E-state index is 12.9. The van der Waals surface area contributed by atoms with Crippen LogP contribution in [-0.2, 0) is 0 Å². The molecule has 0 aliphatic carbocycles. The fraction of sp³-hybridized carbons (Fsp3) is 0.429. The van der Waals surface area contributed by atoms with Gasteiger partial charge in [0.15, 0.2) is 5.69 Å². The predicted molar refractivity (Wildman–Crippen MR) is 116 cm³/mol. The van der Waals surface area contributed by atoms with Crippen molar-refractivity contribution in [2.24, 2.45) is 5.92 Å². The summed E-state index contributed by atoms with van der Waals surface area (Å²) < 4.78 is 0.835. The van der Waals surface area contributed by atoms with Gasteiger partial charge in [0.05, 0.1) is 16.3 Å². The van der Waals surface area contributed by atoms with Gasteiger partial charge in [0.25, 0.3) is 5.91 Å². The van der Waals surface area contributed by atoms with Gasteiger partial charge >= 0.3 is 0 Å². The third kappa shape index (κ3) is 4.71. The fourth-order valence-corrected chi connectivity index (χ4v) is 4.55. The van der Waals surface area contributed by atoms with Crippen LogP contribution in [0.1, 0.15) is 46.7 Å². The third-order valence-corrected chi connectivity index (χ3v) is 6.29. The molecule has 0 saturated carbocycles. The average molecular weight is 411 g/mol. The SMILES string of the molecule is Cc1cc2nc(N[C@@H](C)c3cccnc3)nc(C(=O)NCC[C@H]3CCNC3)c2s1. The average Bonchev–Trinajstić information content (AvgIpc) is 3.36. The molecule has 29 heavy (non-hydrogen) atoms. The molecule has 1 amide bonds. The van der Waals surface area contributed by atoms with Gasteiger partial charge in [-0.15, -0.1) is 11.3 Å². The largest absolute Gasteiger partial charge is 0.351 e. The minimum Gasteiger partial charge on any atom is -0.351 e. The second-order valence-electron chi connectivity index (χ2n) is 7.52. The van der Waals surface area contributed by atoms with Crippen molar-refractivity contribution in [3.8, 4) is 0 Å². The first-order chi connectivity index (χ1) is 14.1. The second kappa shape index (κ2) is 8.84. The molecule has 4 heterocycles. The van der Waals surface area contributed by atoms with E-state index >= 15 is 0 Å². The summed E-state index contributed by atoms with van der Waals surface area (Å²) in [5.41, 5.74) is 2.28. The Morgan fingerprint density at radius 1 is 1.41 bits per heavy atom. The van der Waals surface area contributed by atoms with E-state index in [1.165, 1.54) is 6.42 Å². The van der Waals surface area contributed by atoms with Crippen LogP contribution >= 0.6 is 11.3 Å². The smallest absolute Gasteiger partial charge is 0.271 e. The first kappa shape index (κ1) is 19.7. The fourth-order valence-electron chi connectivity index (χ4n) is 3.61. The Labute approximate surface area is 174 Å². The van der Waals surface area contributed by atoms with Crippen molar-refractivity contribution < 1.29 is 4.79 Å². The monoisotopic (exact) mass is 410 g/mol. The summed E-state index contributed by atoms with van der Waals surface area (Å²) in [5, 5.41) is 9.73. The molecule has 0 bridgehead atoms. The highest BCUT2D eigenvalue weighted by atomic mass is 32.1. The van der Waals surface area contributed by atoms with Gasteiger partial charge in [-0.1, -0.05) is 6.07 Å². The van der Waals surface area contributed by atoms with Crippen LogP contribution in [-0.4, -0.2) is 40.5 Å². The number of hydrogen-bond donors (Lipinski definition) is 3.